The summed E-state index contributed by atoms with van der Waals surface area (Å²) >= 11 is 0. The first-order valence-corrected chi connectivity index (χ1v) is 6.28. The molecule has 0 saturated carbocycles. The van der Waals surface area contributed by atoms with Crippen LogP contribution in [0.1, 0.15) is 23.7 Å². The van der Waals surface area contributed by atoms with E-state index >= 15 is 0 Å². The molecule has 112 valence electrons. The zero-order chi connectivity index (χ0) is 15.7. The molecule has 1 aliphatic heterocycles. The fourth-order valence-corrected chi connectivity index (χ4v) is 2.37. The van der Waals surface area contributed by atoms with E-state index in [0.717, 1.165) is 6.07 Å². The highest BCUT2D eigenvalue weighted by atomic mass is 19.1. The monoisotopic (exact) mass is 295 g/mol. The first kappa shape index (κ1) is 14.8. The number of aromatic carboxylic acids is 1. The number of rotatable bonds is 3. The lowest BCUT2D eigenvalue weighted by atomic mass is 10.0. The van der Waals surface area contributed by atoms with Crippen molar-refractivity contribution in [2.75, 3.05) is 17.2 Å². The second kappa shape index (κ2) is 5.39. The van der Waals surface area contributed by atoms with E-state index < -0.39 is 40.9 Å². The van der Waals surface area contributed by atoms with Crippen molar-refractivity contribution in [2.45, 2.75) is 19.4 Å². The van der Waals surface area contributed by atoms with E-state index in [9.17, 15) is 23.9 Å². The standard InChI is InChI=1S/C13H14FN3O4/c1-2-7-12(19)16-9(18)5-17(7)8-4-3-6(14)11(15)10(8)13(20)21/h3-4,7H,2,5,15H2,1H3,(H,20,21)(H,16,18,19). The maximum Gasteiger partial charge on any atom is 0.340 e. The number of halogens is 1. The molecule has 1 aromatic rings. The van der Waals surface area contributed by atoms with E-state index in [1.165, 1.54) is 11.0 Å². The molecule has 2 rings (SSSR count). The van der Waals surface area contributed by atoms with Gasteiger partial charge in [-0.1, -0.05) is 6.92 Å². The molecule has 1 aromatic carbocycles. The minimum atomic E-state index is -1.42. The Hall–Kier alpha value is -2.64. The Balaban J connectivity index is 2.58. The summed E-state index contributed by atoms with van der Waals surface area (Å²) in [4.78, 5) is 36.0. The Bertz CT molecular complexity index is 632. The first-order chi connectivity index (χ1) is 9.86. The maximum absolute atomic E-state index is 13.5. The zero-order valence-electron chi connectivity index (χ0n) is 11.2. The Morgan fingerprint density at radius 2 is 2.19 bits per heavy atom. The van der Waals surface area contributed by atoms with Crippen molar-refractivity contribution in [2.24, 2.45) is 0 Å². The lowest BCUT2D eigenvalue weighted by molar-refractivity contribution is -0.132. The van der Waals surface area contributed by atoms with Crippen LogP contribution in [-0.2, 0) is 9.59 Å². The molecule has 1 unspecified atom stereocenters. The zero-order valence-corrected chi connectivity index (χ0v) is 11.2. The Labute approximate surface area is 119 Å². The summed E-state index contributed by atoms with van der Waals surface area (Å²) in [5, 5.41) is 11.4. The molecule has 1 fully saturated rings. The number of amides is 2. The molecule has 4 N–H and O–H groups in total. The summed E-state index contributed by atoms with van der Waals surface area (Å²) in [5.74, 6) is -3.36. The molecule has 1 saturated heterocycles. The molecular weight excluding hydrogens is 281 g/mol. The lowest BCUT2D eigenvalue weighted by Gasteiger charge is -2.36. The minimum absolute atomic E-state index is 0.0523. The van der Waals surface area contributed by atoms with Gasteiger partial charge >= 0.3 is 5.97 Å². The Morgan fingerprint density at radius 3 is 2.76 bits per heavy atom. The third kappa shape index (κ3) is 2.51. The van der Waals surface area contributed by atoms with Gasteiger partial charge in [-0.2, -0.15) is 0 Å². The van der Waals surface area contributed by atoms with Gasteiger partial charge in [0.2, 0.25) is 11.8 Å². The summed E-state index contributed by atoms with van der Waals surface area (Å²) in [6.07, 6.45) is 0.357. The summed E-state index contributed by atoms with van der Waals surface area (Å²) in [7, 11) is 0. The molecule has 1 atom stereocenters. The van der Waals surface area contributed by atoms with Crippen molar-refractivity contribution < 1.29 is 23.9 Å². The molecule has 8 heteroatoms. The van der Waals surface area contributed by atoms with Gasteiger partial charge in [-0.25, -0.2) is 9.18 Å². The molecule has 1 aliphatic rings. The van der Waals surface area contributed by atoms with Gasteiger partial charge < -0.3 is 15.7 Å². The van der Waals surface area contributed by atoms with Crippen LogP contribution in [0, 0.1) is 5.82 Å². The van der Waals surface area contributed by atoms with E-state index in [1.54, 1.807) is 6.92 Å². The van der Waals surface area contributed by atoms with Crippen LogP contribution >= 0.6 is 0 Å². The third-order valence-electron chi connectivity index (χ3n) is 3.34. The molecule has 0 radical (unpaired) electrons. The number of carboxylic acids is 1. The molecule has 21 heavy (non-hydrogen) atoms. The molecule has 0 spiro atoms. The van der Waals surface area contributed by atoms with Crippen molar-refractivity contribution in [1.29, 1.82) is 0 Å². The Kier molecular flexibility index (Phi) is 3.79. The number of carbonyl (C=O) groups is 3. The van der Waals surface area contributed by atoms with Crippen LogP contribution in [0.15, 0.2) is 12.1 Å². The van der Waals surface area contributed by atoms with Gasteiger partial charge in [0.1, 0.15) is 17.4 Å². The molecular formula is C13H14FN3O4. The average molecular weight is 295 g/mol. The van der Waals surface area contributed by atoms with Crippen LogP contribution in [0.2, 0.25) is 0 Å². The highest BCUT2D eigenvalue weighted by molar-refractivity contribution is 6.07. The first-order valence-electron chi connectivity index (χ1n) is 6.28. The second-order valence-electron chi connectivity index (χ2n) is 4.62. The molecule has 0 aliphatic carbocycles. The SMILES string of the molecule is CCC1C(=O)NC(=O)CN1c1ccc(F)c(N)c1C(=O)O. The van der Waals surface area contributed by atoms with Crippen molar-refractivity contribution in [3.8, 4) is 0 Å². The van der Waals surface area contributed by atoms with Crippen LogP contribution in [0.25, 0.3) is 0 Å². The number of hydrogen-bond acceptors (Lipinski definition) is 5. The topological polar surface area (TPSA) is 113 Å². The fourth-order valence-electron chi connectivity index (χ4n) is 2.37. The molecule has 0 aromatic heterocycles. The van der Waals surface area contributed by atoms with Gasteiger partial charge in [0.05, 0.1) is 17.9 Å². The van der Waals surface area contributed by atoms with Gasteiger partial charge in [-0.05, 0) is 18.6 Å². The van der Waals surface area contributed by atoms with E-state index in [4.69, 9.17) is 5.73 Å². The fraction of sp³-hybridized carbons (Fsp3) is 0.308. The van der Waals surface area contributed by atoms with Crippen LogP contribution < -0.4 is 16.0 Å². The molecule has 2 amide bonds. The average Bonchev–Trinajstić information content (AvgIpc) is 2.40. The van der Waals surface area contributed by atoms with E-state index in [1.807, 2.05) is 0 Å². The highest BCUT2D eigenvalue weighted by Gasteiger charge is 2.35. The predicted molar refractivity (Wildman–Crippen MR) is 72.3 cm³/mol. The van der Waals surface area contributed by atoms with Gasteiger partial charge in [0.15, 0.2) is 0 Å². The van der Waals surface area contributed by atoms with Crippen molar-refractivity contribution in [1.82, 2.24) is 5.32 Å². The minimum Gasteiger partial charge on any atom is -0.478 e. The van der Waals surface area contributed by atoms with Crippen LogP contribution in [0.3, 0.4) is 0 Å². The summed E-state index contributed by atoms with van der Waals surface area (Å²) in [6.45, 7) is 1.52. The van der Waals surface area contributed by atoms with Crippen LogP contribution in [0.5, 0.6) is 0 Å². The van der Waals surface area contributed by atoms with E-state index in [-0.39, 0.29) is 12.2 Å². The molecule has 0 bridgehead atoms. The van der Waals surface area contributed by atoms with E-state index in [0.29, 0.717) is 6.42 Å². The smallest absolute Gasteiger partial charge is 0.340 e. The van der Waals surface area contributed by atoms with Gasteiger partial charge in [0.25, 0.3) is 0 Å². The third-order valence-corrected chi connectivity index (χ3v) is 3.34. The number of nitrogens with two attached hydrogens (primary N) is 1. The number of piperazine rings is 1. The number of nitrogen functional groups attached to an aromatic ring is 1. The quantitative estimate of drug-likeness (QED) is 0.548. The van der Waals surface area contributed by atoms with Crippen LogP contribution in [-0.4, -0.2) is 35.5 Å². The number of nitrogens with zero attached hydrogens (tertiary/aromatic N) is 1. The summed E-state index contributed by atoms with van der Waals surface area (Å²) < 4.78 is 13.5. The number of anilines is 2. The van der Waals surface area contributed by atoms with Gasteiger partial charge in [-0.3, -0.25) is 14.9 Å². The highest BCUT2D eigenvalue weighted by Crippen LogP contribution is 2.31. The summed E-state index contributed by atoms with van der Waals surface area (Å²) in [6, 6.07) is 1.51. The lowest BCUT2D eigenvalue weighted by Crippen LogP contribution is -2.58. The largest absolute Gasteiger partial charge is 0.478 e. The van der Waals surface area contributed by atoms with Crippen molar-refractivity contribution in [3.63, 3.8) is 0 Å². The number of imide groups is 1. The van der Waals surface area contributed by atoms with Crippen LogP contribution in [0.4, 0.5) is 15.8 Å². The number of hydrogen-bond donors (Lipinski definition) is 3. The van der Waals surface area contributed by atoms with E-state index in [2.05, 4.69) is 5.32 Å². The maximum atomic E-state index is 13.5. The normalized spacial score (nSPS) is 18.6. The summed E-state index contributed by atoms with van der Waals surface area (Å²) in [5.41, 5.74) is 4.56. The van der Waals surface area contributed by atoms with Gasteiger partial charge in [-0.15, -0.1) is 0 Å². The molecule has 7 nitrogen and oxygen atoms in total. The van der Waals surface area contributed by atoms with Crippen molar-refractivity contribution >= 4 is 29.2 Å². The van der Waals surface area contributed by atoms with Crippen molar-refractivity contribution in [3.05, 3.63) is 23.5 Å². The number of carboxylic acid groups (broad SMARTS) is 1. The second-order valence-corrected chi connectivity index (χ2v) is 4.62. The van der Waals surface area contributed by atoms with Gasteiger partial charge in [0, 0.05) is 0 Å². The predicted octanol–water partition coefficient (Wildman–Crippen LogP) is 0.348. The number of nitrogens with one attached hydrogen (secondary N) is 1. The Morgan fingerprint density at radius 1 is 1.52 bits per heavy atom. The number of carbonyl (C=O) groups excluding carboxylic acids is 2. The number of benzene rings is 1. The molecule has 1 heterocycles.